The fourth-order valence-electron chi connectivity index (χ4n) is 3.89. The van der Waals surface area contributed by atoms with Gasteiger partial charge in [-0.2, -0.15) is 0 Å². The Balaban J connectivity index is 1.37. The molecule has 2 aliphatic rings. The molecule has 0 saturated carbocycles. The lowest BCUT2D eigenvalue weighted by molar-refractivity contribution is -0.131. The van der Waals surface area contributed by atoms with Crippen LogP contribution in [0.2, 0.25) is 0 Å². The van der Waals surface area contributed by atoms with E-state index in [-0.39, 0.29) is 11.3 Å². The van der Waals surface area contributed by atoms with Crippen molar-refractivity contribution < 1.29 is 14.3 Å². The fraction of sp³-hybridized carbons (Fsp3) is 0.429. The van der Waals surface area contributed by atoms with Crippen molar-refractivity contribution in [2.45, 2.75) is 31.1 Å². The number of piperidine rings is 1. The molecule has 1 fully saturated rings. The molecule has 5 nitrogen and oxygen atoms in total. The van der Waals surface area contributed by atoms with Gasteiger partial charge in [-0.25, -0.2) is 0 Å². The van der Waals surface area contributed by atoms with Crippen molar-refractivity contribution in [3.63, 3.8) is 0 Å². The first kappa shape index (κ1) is 18.2. The average molecular weight is 385 g/mol. The van der Waals surface area contributed by atoms with Gasteiger partial charge in [-0.15, -0.1) is 11.8 Å². The summed E-state index contributed by atoms with van der Waals surface area (Å²) < 4.78 is 10.9. The number of thioether (sulfide) groups is 1. The number of nitrogens with zero attached hydrogens (tertiary/aromatic N) is 2. The minimum absolute atomic E-state index is 0.0863. The molecule has 0 N–H and O–H groups in total. The van der Waals surface area contributed by atoms with Gasteiger partial charge < -0.3 is 14.4 Å². The number of rotatable bonds is 5. The molecule has 1 aromatic heterocycles. The van der Waals surface area contributed by atoms with Gasteiger partial charge in [-0.3, -0.25) is 9.78 Å². The number of hydrogen-bond acceptors (Lipinski definition) is 5. The second-order valence-electron chi connectivity index (χ2n) is 7.57. The lowest BCUT2D eigenvalue weighted by Crippen LogP contribution is -2.46. The van der Waals surface area contributed by atoms with Crippen LogP contribution in [0.25, 0.3) is 0 Å². The van der Waals surface area contributed by atoms with Gasteiger partial charge in [0.2, 0.25) is 12.7 Å². The number of fused-ring (bicyclic) bond motifs is 1. The molecular formula is C21H24N2O3S. The maximum absolute atomic E-state index is 12.7. The Morgan fingerprint density at radius 3 is 2.89 bits per heavy atom. The molecule has 27 heavy (non-hydrogen) atoms. The minimum atomic E-state index is 0.0863. The van der Waals surface area contributed by atoms with Gasteiger partial charge in [0.1, 0.15) is 0 Å². The number of ether oxygens (including phenoxy) is 2. The molecular weight excluding hydrogens is 360 g/mol. The summed E-state index contributed by atoms with van der Waals surface area (Å²) in [6, 6.07) is 10.1. The van der Waals surface area contributed by atoms with Gasteiger partial charge in [-0.1, -0.05) is 13.0 Å². The van der Waals surface area contributed by atoms with Crippen molar-refractivity contribution in [3.8, 4) is 11.5 Å². The van der Waals surface area contributed by atoms with E-state index in [1.165, 1.54) is 5.56 Å². The Labute approximate surface area is 164 Å². The van der Waals surface area contributed by atoms with Crippen LogP contribution in [0.4, 0.5) is 0 Å². The number of carbonyl (C=O) groups is 1. The Bertz CT molecular complexity index is 814. The van der Waals surface area contributed by atoms with E-state index in [1.54, 1.807) is 24.2 Å². The van der Waals surface area contributed by atoms with Crippen molar-refractivity contribution in [1.29, 1.82) is 0 Å². The first-order chi connectivity index (χ1) is 13.1. The number of aromatic nitrogens is 1. The molecule has 2 aliphatic heterocycles. The number of pyridine rings is 1. The van der Waals surface area contributed by atoms with Crippen LogP contribution < -0.4 is 9.47 Å². The third kappa shape index (κ3) is 4.38. The molecule has 0 aliphatic carbocycles. The molecule has 6 heteroatoms. The number of hydrogen-bond donors (Lipinski definition) is 0. The van der Waals surface area contributed by atoms with Gasteiger partial charge in [0.25, 0.3) is 0 Å². The molecule has 0 bridgehead atoms. The molecule has 3 heterocycles. The van der Waals surface area contributed by atoms with Crippen molar-refractivity contribution in [1.82, 2.24) is 9.88 Å². The summed E-state index contributed by atoms with van der Waals surface area (Å²) in [4.78, 5) is 19.8. The zero-order valence-electron chi connectivity index (χ0n) is 15.5. The van der Waals surface area contributed by atoms with Crippen LogP contribution >= 0.6 is 11.8 Å². The van der Waals surface area contributed by atoms with Crippen LogP contribution in [-0.4, -0.2) is 41.4 Å². The van der Waals surface area contributed by atoms with Gasteiger partial charge in [-0.05, 0) is 54.5 Å². The molecule has 1 amide bonds. The van der Waals surface area contributed by atoms with Gasteiger partial charge in [0.05, 0.1) is 5.75 Å². The molecule has 1 aromatic carbocycles. The fourth-order valence-corrected chi connectivity index (χ4v) is 4.67. The van der Waals surface area contributed by atoms with Crippen LogP contribution in [0.1, 0.15) is 25.3 Å². The lowest BCUT2D eigenvalue weighted by atomic mass is 9.77. The second-order valence-corrected chi connectivity index (χ2v) is 8.61. The number of likely N-dealkylation sites (tertiary alicyclic amines) is 1. The van der Waals surface area contributed by atoms with Crippen LogP contribution in [-0.2, 0) is 11.2 Å². The topological polar surface area (TPSA) is 51.7 Å². The third-order valence-electron chi connectivity index (χ3n) is 5.21. The molecule has 0 radical (unpaired) electrons. The van der Waals surface area contributed by atoms with E-state index in [4.69, 9.17) is 9.47 Å². The van der Waals surface area contributed by atoms with Crippen molar-refractivity contribution in [2.75, 3.05) is 25.6 Å². The van der Waals surface area contributed by atoms with E-state index in [9.17, 15) is 4.79 Å². The summed E-state index contributed by atoms with van der Waals surface area (Å²) in [6.07, 6.45) is 6.63. The Kier molecular flexibility index (Phi) is 5.25. The first-order valence-corrected chi connectivity index (χ1v) is 10.3. The van der Waals surface area contributed by atoms with Gasteiger partial charge in [0.15, 0.2) is 11.5 Å². The number of benzene rings is 1. The van der Waals surface area contributed by atoms with Crippen molar-refractivity contribution in [2.24, 2.45) is 5.41 Å². The SMILES string of the molecule is C[C@@]1(Cc2ccc3c(c2)OCO3)CCCN(C(=O)CSc2ccncc2)C1. The van der Waals surface area contributed by atoms with E-state index in [1.807, 2.05) is 23.1 Å². The van der Waals surface area contributed by atoms with Crippen LogP contribution in [0.15, 0.2) is 47.6 Å². The maximum Gasteiger partial charge on any atom is 0.232 e. The van der Waals surface area contributed by atoms with Crippen LogP contribution in [0.3, 0.4) is 0 Å². The Hall–Kier alpha value is -2.21. The van der Waals surface area contributed by atoms with Crippen molar-refractivity contribution >= 4 is 17.7 Å². The van der Waals surface area contributed by atoms with Gasteiger partial charge in [0, 0.05) is 30.4 Å². The standard InChI is InChI=1S/C21H24N2O3S/c1-21(12-16-3-4-18-19(11-16)26-15-25-18)7-2-10-23(14-21)20(24)13-27-17-5-8-22-9-6-17/h3-6,8-9,11H,2,7,10,12-15H2,1H3/t21-/m0/s1. The summed E-state index contributed by atoms with van der Waals surface area (Å²) >= 11 is 1.58. The molecule has 4 rings (SSSR count). The van der Waals surface area contributed by atoms with E-state index in [2.05, 4.69) is 24.0 Å². The predicted molar refractivity (Wildman–Crippen MR) is 105 cm³/mol. The highest BCUT2D eigenvalue weighted by Crippen LogP contribution is 2.37. The largest absolute Gasteiger partial charge is 0.454 e. The monoisotopic (exact) mass is 384 g/mol. The summed E-state index contributed by atoms with van der Waals surface area (Å²) in [5.74, 6) is 2.34. The van der Waals surface area contributed by atoms with Gasteiger partial charge >= 0.3 is 0 Å². The Morgan fingerprint density at radius 2 is 2.04 bits per heavy atom. The summed E-state index contributed by atoms with van der Waals surface area (Å²) in [5.41, 5.74) is 1.32. The molecule has 0 unspecified atom stereocenters. The molecule has 2 aromatic rings. The van der Waals surface area contributed by atoms with E-state index < -0.39 is 0 Å². The highest BCUT2D eigenvalue weighted by Gasteiger charge is 2.33. The minimum Gasteiger partial charge on any atom is -0.454 e. The van der Waals surface area contributed by atoms with E-state index >= 15 is 0 Å². The average Bonchev–Trinajstić information content (AvgIpc) is 3.14. The molecule has 1 atom stereocenters. The van der Waals surface area contributed by atoms with Crippen LogP contribution in [0, 0.1) is 5.41 Å². The van der Waals surface area contributed by atoms with E-state index in [0.717, 1.165) is 48.7 Å². The zero-order valence-corrected chi connectivity index (χ0v) is 16.3. The predicted octanol–water partition coefficient (Wildman–Crippen LogP) is 3.77. The second kappa shape index (κ2) is 7.80. The third-order valence-corrected chi connectivity index (χ3v) is 6.21. The molecule has 1 saturated heterocycles. The van der Waals surface area contributed by atoms with Crippen LogP contribution in [0.5, 0.6) is 11.5 Å². The highest BCUT2D eigenvalue weighted by molar-refractivity contribution is 8.00. The normalized spacial score (nSPS) is 21.3. The quantitative estimate of drug-likeness (QED) is 0.735. The highest BCUT2D eigenvalue weighted by atomic mass is 32.2. The van der Waals surface area contributed by atoms with E-state index in [0.29, 0.717) is 12.5 Å². The summed E-state index contributed by atoms with van der Waals surface area (Å²) in [7, 11) is 0. The number of amides is 1. The smallest absolute Gasteiger partial charge is 0.232 e. The van der Waals surface area contributed by atoms with Crippen molar-refractivity contribution in [3.05, 3.63) is 48.3 Å². The lowest BCUT2D eigenvalue weighted by Gasteiger charge is -2.40. The zero-order chi connectivity index (χ0) is 18.7. The molecule has 0 spiro atoms. The molecule has 142 valence electrons. The summed E-state index contributed by atoms with van der Waals surface area (Å²) in [5, 5.41) is 0. The summed E-state index contributed by atoms with van der Waals surface area (Å²) in [6.45, 7) is 4.24. The Morgan fingerprint density at radius 1 is 1.22 bits per heavy atom. The first-order valence-electron chi connectivity index (χ1n) is 9.30. The number of carbonyl (C=O) groups excluding carboxylic acids is 1. The maximum atomic E-state index is 12.7.